The molecular weight excluding hydrogens is 489 g/mol. The lowest BCUT2D eigenvalue weighted by molar-refractivity contribution is -0.139. The summed E-state index contributed by atoms with van der Waals surface area (Å²) in [5.74, 6) is -1.63. The number of nitrogens with zero attached hydrogens (tertiary/aromatic N) is 2. The Bertz CT molecular complexity index is 1080. The molecule has 0 spiro atoms. The number of carbonyl (C=O) groups is 1. The lowest BCUT2D eigenvalue weighted by Gasteiger charge is -2.44. The Morgan fingerprint density at radius 2 is 1.85 bits per heavy atom. The van der Waals surface area contributed by atoms with Crippen LogP contribution in [-0.2, 0) is 22.3 Å². The van der Waals surface area contributed by atoms with Gasteiger partial charge in [-0.1, -0.05) is 17.7 Å². The standard InChI is InChI=1S/C23H28ClF2N2O5P/c1-15-12-28(16(2)11-27(15)13-17-3-5-20(25)21(26)9-17)23(29)14-33-22-6-4-19(24)10-18(22)7-8-34(30,31)32/h3-6,9-10,15-16H,7-8,11-14H2,1-2H3,(H2,30,31,32)/t15-,16+/m0/s1. The molecule has 3 rings (SSSR count). The van der Waals surface area contributed by atoms with Crippen LogP contribution in [0.1, 0.15) is 25.0 Å². The molecule has 0 bridgehead atoms. The highest BCUT2D eigenvalue weighted by molar-refractivity contribution is 7.51. The first-order valence-electron chi connectivity index (χ1n) is 10.9. The minimum atomic E-state index is -4.20. The maximum absolute atomic E-state index is 13.6. The van der Waals surface area contributed by atoms with E-state index in [2.05, 4.69) is 4.90 Å². The van der Waals surface area contributed by atoms with Gasteiger partial charge in [0, 0.05) is 36.7 Å². The van der Waals surface area contributed by atoms with Crippen LogP contribution in [0.25, 0.3) is 0 Å². The zero-order chi connectivity index (χ0) is 25.0. The van der Waals surface area contributed by atoms with E-state index in [4.69, 9.17) is 26.1 Å². The third-order valence-electron chi connectivity index (χ3n) is 5.85. The molecule has 0 aliphatic carbocycles. The van der Waals surface area contributed by atoms with E-state index in [-0.39, 0.29) is 37.2 Å². The minimum Gasteiger partial charge on any atom is -0.483 e. The van der Waals surface area contributed by atoms with Crippen LogP contribution in [-0.4, -0.2) is 63.4 Å². The van der Waals surface area contributed by atoms with Crippen LogP contribution >= 0.6 is 19.2 Å². The highest BCUT2D eigenvalue weighted by Crippen LogP contribution is 2.36. The summed E-state index contributed by atoms with van der Waals surface area (Å²) >= 11 is 6.01. The molecule has 1 saturated heterocycles. The van der Waals surface area contributed by atoms with Gasteiger partial charge in [-0.2, -0.15) is 0 Å². The Balaban J connectivity index is 1.60. The van der Waals surface area contributed by atoms with Gasteiger partial charge in [0.2, 0.25) is 0 Å². The van der Waals surface area contributed by atoms with E-state index >= 15 is 0 Å². The Kier molecular flexibility index (Phi) is 8.71. The predicted octanol–water partition coefficient (Wildman–Crippen LogP) is 3.84. The van der Waals surface area contributed by atoms with E-state index in [0.29, 0.717) is 41.5 Å². The molecule has 7 nitrogen and oxygen atoms in total. The van der Waals surface area contributed by atoms with Crippen LogP contribution in [0.3, 0.4) is 0 Å². The van der Waals surface area contributed by atoms with Crippen molar-refractivity contribution in [2.24, 2.45) is 0 Å². The number of benzene rings is 2. The van der Waals surface area contributed by atoms with Gasteiger partial charge in [0.25, 0.3) is 5.91 Å². The number of carbonyl (C=O) groups excluding carboxylic acids is 1. The molecule has 0 saturated carbocycles. The number of halogens is 3. The molecule has 0 unspecified atom stereocenters. The number of hydrogen-bond donors (Lipinski definition) is 2. The third-order valence-corrected chi connectivity index (χ3v) is 6.89. The van der Waals surface area contributed by atoms with Gasteiger partial charge in [-0.15, -0.1) is 0 Å². The molecule has 1 aliphatic heterocycles. The predicted molar refractivity (Wildman–Crippen MR) is 125 cm³/mol. The quantitative estimate of drug-likeness (QED) is 0.518. The normalized spacial score (nSPS) is 19.3. The molecule has 1 fully saturated rings. The summed E-state index contributed by atoms with van der Waals surface area (Å²) in [7, 11) is -4.20. The summed E-state index contributed by atoms with van der Waals surface area (Å²) in [5, 5.41) is 0.402. The number of hydrogen-bond acceptors (Lipinski definition) is 4. The molecule has 0 aromatic heterocycles. The van der Waals surface area contributed by atoms with Crippen molar-refractivity contribution in [3.8, 4) is 5.75 Å². The summed E-state index contributed by atoms with van der Waals surface area (Å²) in [4.78, 5) is 35.1. The van der Waals surface area contributed by atoms with Crippen molar-refractivity contribution >= 4 is 25.1 Å². The van der Waals surface area contributed by atoms with Crippen LogP contribution in [0.5, 0.6) is 5.75 Å². The number of aryl methyl sites for hydroxylation is 1. The second kappa shape index (κ2) is 11.1. The Morgan fingerprint density at radius 3 is 2.53 bits per heavy atom. The molecule has 34 heavy (non-hydrogen) atoms. The van der Waals surface area contributed by atoms with Gasteiger partial charge in [0.15, 0.2) is 18.2 Å². The van der Waals surface area contributed by atoms with Crippen molar-refractivity contribution < 1.29 is 32.7 Å². The molecule has 2 aromatic carbocycles. The van der Waals surface area contributed by atoms with Crippen LogP contribution in [0.4, 0.5) is 8.78 Å². The Hall–Kier alpha value is -2.03. The van der Waals surface area contributed by atoms with Gasteiger partial charge in [0.05, 0.1) is 6.16 Å². The second-order valence-corrected chi connectivity index (χ2v) is 10.8. The first-order valence-corrected chi connectivity index (χ1v) is 13.0. The maximum Gasteiger partial charge on any atom is 0.325 e. The van der Waals surface area contributed by atoms with Crippen LogP contribution in [0.2, 0.25) is 5.02 Å². The fourth-order valence-electron chi connectivity index (χ4n) is 4.01. The first kappa shape index (κ1) is 26.6. The van der Waals surface area contributed by atoms with E-state index < -0.39 is 19.2 Å². The van der Waals surface area contributed by atoms with Crippen LogP contribution < -0.4 is 4.74 Å². The smallest absolute Gasteiger partial charge is 0.325 e. The van der Waals surface area contributed by atoms with Crippen molar-refractivity contribution in [1.29, 1.82) is 0 Å². The van der Waals surface area contributed by atoms with Crippen molar-refractivity contribution in [3.63, 3.8) is 0 Å². The van der Waals surface area contributed by atoms with Gasteiger partial charge < -0.3 is 19.4 Å². The third kappa shape index (κ3) is 7.23. The molecule has 0 radical (unpaired) electrons. The zero-order valence-electron chi connectivity index (χ0n) is 19.0. The lowest BCUT2D eigenvalue weighted by atomic mass is 10.1. The molecule has 2 aromatic rings. The summed E-state index contributed by atoms with van der Waals surface area (Å²) in [6.45, 7) is 5.08. The molecule has 2 atom stereocenters. The zero-order valence-corrected chi connectivity index (χ0v) is 20.6. The number of piperazine rings is 1. The molecule has 1 heterocycles. The van der Waals surface area contributed by atoms with E-state index in [1.165, 1.54) is 6.07 Å². The van der Waals surface area contributed by atoms with Gasteiger partial charge >= 0.3 is 7.60 Å². The van der Waals surface area contributed by atoms with Gasteiger partial charge in [-0.25, -0.2) is 8.78 Å². The Morgan fingerprint density at radius 1 is 1.12 bits per heavy atom. The largest absolute Gasteiger partial charge is 0.483 e. The van der Waals surface area contributed by atoms with Gasteiger partial charge in [0.1, 0.15) is 5.75 Å². The van der Waals surface area contributed by atoms with E-state index in [1.807, 2.05) is 13.8 Å². The maximum atomic E-state index is 13.6. The average molecular weight is 517 g/mol. The minimum absolute atomic E-state index is 0.0115. The lowest BCUT2D eigenvalue weighted by Crippen LogP contribution is -2.58. The monoisotopic (exact) mass is 516 g/mol. The summed E-state index contributed by atoms with van der Waals surface area (Å²) in [6, 6.07) is 8.45. The fraction of sp³-hybridized carbons (Fsp3) is 0.435. The number of ether oxygens (including phenoxy) is 1. The van der Waals surface area contributed by atoms with E-state index in [0.717, 1.165) is 6.07 Å². The SMILES string of the molecule is C[C@@H]1CN(Cc2ccc(F)c(F)c2)[C@@H](C)CN1C(=O)COc1ccc(Cl)cc1CCP(=O)(O)O. The first-order chi connectivity index (χ1) is 15.9. The van der Waals surface area contributed by atoms with Crippen LogP contribution in [0, 0.1) is 11.6 Å². The average Bonchev–Trinajstić information content (AvgIpc) is 2.75. The van der Waals surface area contributed by atoms with Crippen molar-refractivity contribution in [3.05, 3.63) is 64.2 Å². The van der Waals surface area contributed by atoms with Crippen molar-refractivity contribution in [2.75, 3.05) is 25.9 Å². The van der Waals surface area contributed by atoms with Gasteiger partial charge in [-0.05, 0) is 61.7 Å². The Labute approximate surface area is 202 Å². The molecule has 11 heteroatoms. The number of amides is 1. The summed E-state index contributed by atoms with van der Waals surface area (Å²) in [5.41, 5.74) is 1.17. The summed E-state index contributed by atoms with van der Waals surface area (Å²) in [6.07, 6.45) is -0.295. The fourth-order valence-corrected chi connectivity index (χ4v) is 4.74. The molecule has 1 aliphatic rings. The van der Waals surface area contributed by atoms with Crippen LogP contribution in [0.15, 0.2) is 36.4 Å². The summed E-state index contributed by atoms with van der Waals surface area (Å²) < 4.78 is 43.7. The molecule has 186 valence electrons. The molecule has 2 N–H and O–H groups in total. The molecular formula is C23H28ClF2N2O5P. The second-order valence-electron chi connectivity index (χ2n) is 8.60. The van der Waals surface area contributed by atoms with Crippen molar-refractivity contribution in [2.45, 2.75) is 38.9 Å². The van der Waals surface area contributed by atoms with E-state index in [9.17, 15) is 18.1 Å². The van der Waals surface area contributed by atoms with E-state index in [1.54, 1.807) is 29.2 Å². The number of rotatable bonds is 8. The highest BCUT2D eigenvalue weighted by Gasteiger charge is 2.32. The molecule has 1 amide bonds. The highest BCUT2D eigenvalue weighted by atomic mass is 35.5. The van der Waals surface area contributed by atoms with Gasteiger partial charge in [-0.3, -0.25) is 14.3 Å². The van der Waals surface area contributed by atoms with Crippen molar-refractivity contribution in [1.82, 2.24) is 9.80 Å². The topological polar surface area (TPSA) is 90.3 Å².